The second-order valence-corrected chi connectivity index (χ2v) is 8.45. The fourth-order valence-electron chi connectivity index (χ4n) is 3.11. The first-order chi connectivity index (χ1) is 9.81. The fraction of sp³-hybridized carbons (Fsp3) is 0.625. The summed E-state index contributed by atoms with van der Waals surface area (Å²) in [6.45, 7) is 4.54. The molecule has 2 unspecified atom stereocenters. The van der Waals surface area contributed by atoms with Gasteiger partial charge in [-0.2, -0.15) is 0 Å². The molecule has 2 N–H and O–H groups in total. The molecular weight excluding hydrogens is 286 g/mol. The van der Waals surface area contributed by atoms with E-state index in [4.69, 9.17) is 10.5 Å². The van der Waals surface area contributed by atoms with Crippen LogP contribution in [0.25, 0.3) is 0 Å². The standard InChI is InChI=1S/C16H25NO3S/c1-11-7-13(10-17)8-12(2)16(11)20-14-5-4-6-15(9-14)21(3,18)19/h7-8,14-15H,4-6,9-10,17H2,1-3H3. The van der Waals surface area contributed by atoms with E-state index in [0.29, 0.717) is 13.0 Å². The second-order valence-electron chi connectivity index (χ2n) is 6.12. The van der Waals surface area contributed by atoms with Gasteiger partial charge in [0.1, 0.15) is 15.6 Å². The van der Waals surface area contributed by atoms with Gasteiger partial charge in [-0.05, 0) is 49.8 Å². The molecule has 1 saturated carbocycles. The topological polar surface area (TPSA) is 69.4 Å². The van der Waals surface area contributed by atoms with Crippen molar-refractivity contribution in [3.8, 4) is 5.75 Å². The Morgan fingerprint density at radius 2 is 1.86 bits per heavy atom. The van der Waals surface area contributed by atoms with Crippen molar-refractivity contribution in [2.45, 2.75) is 57.4 Å². The lowest BCUT2D eigenvalue weighted by Crippen LogP contribution is -2.33. The zero-order valence-electron chi connectivity index (χ0n) is 13.1. The molecule has 0 aromatic heterocycles. The molecular formula is C16H25NO3S. The molecule has 1 aliphatic carbocycles. The lowest BCUT2D eigenvalue weighted by molar-refractivity contribution is 0.154. The Hall–Kier alpha value is -1.07. The highest BCUT2D eigenvalue weighted by molar-refractivity contribution is 7.91. The maximum Gasteiger partial charge on any atom is 0.150 e. The van der Waals surface area contributed by atoms with E-state index in [-0.39, 0.29) is 11.4 Å². The van der Waals surface area contributed by atoms with Crippen molar-refractivity contribution in [3.05, 3.63) is 28.8 Å². The van der Waals surface area contributed by atoms with Gasteiger partial charge in [-0.1, -0.05) is 12.1 Å². The van der Waals surface area contributed by atoms with Crippen molar-refractivity contribution in [1.82, 2.24) is 0 Å². The highest BCUT2D eigenvalue weighted by atomic mass is 32.2. The van der Waals surface area contributed by atoms with E-state index in [9.17, 15) is 8.42 Å². The molecule has 2 rings (SSSR count). The van der Waals surface area contributed by atoms with Crippen LogP contribution in [0.1, 0.15) is 42.4 Å². The summed E-state index contributed by atoms with van der Waals surface area (Å²) in [6, 6.07) is 4.08. The van der Waals surface area contributed by atoms with Crippen LogP contribution < -0.4 is 10.5 Å². The van der Waals surface area contributed by atoms with Crippen LogP contribution in [0.4, 0.5) is 0 Å². The Kier molecular flexibility index (Phi) is 4.94. The zero-order chi connectivity index (χ0) is 15.6. The Morgan fingerprint density at radius 1 is 1.24 bits per heavy atom. The van der Waals surface area contributed by atoms with E-state index in [2.05, 4.69) is 0 Å². The van der Waals surface area contributed by atoms with E-state index in [1.165, 1.54) is 6.26 Å². The van der Waals surface area contributed by atoms with E-state index < -0.39 is 9.84 Å². The van der Waals surface area contributed by atoms with Gasteiger partial charge in [-0.25, -0.2) is 8.42 Å². The third kappa shape index (κ3) is 3.98. The summed E-state index contributed by atoms with van der Waals surface area (Å²) in [5, 5.41) is -0.264. The maximum absolute atomic E-state index is 11.7. The molecule has 0 spiro atoms. The van der Waals surface area contributed by atoms with Crippen molar-refractivity contribution in [2.75, 3.05) is 6.26 Å². The average molecular weight is 311 g/mol. The van der Waals surface area contributed by atoms with Crippen LogP contribution in [0, 0.1) is 13.8 Å². The number of nitrogens with two attached hydrogens (primary N) is 1. The normalized spacial score (nSPS) is 23.0. The Morgan fingerprint density at radius 3 is 2.38 bits per heavy atom. The molecule has 0 saturated heterocycles. The molecule has 5 heteroatoms. The summed E-state index contributed by atoms with van der Waals surface area (Å²) in [5.74, 6) is 0.881. The minimum atomic E-state index is -2.98. The summed E-state index contributed by atoms with van der Waals surface area (Å²) in [5.41, 5.74) is 8.91. The molecule has 0 bridgehead atoms. The van der Waals surface area contributed by atoms with Gasteiger partial charge >= 0.3 is 0 Å². The van der Waals surface area contributed by atoms with Gasteiger partial charge in [0.2, 0.25) is 0 Å². The van der Waals surface area contributed by atoms with Crippen molar-refractivity contribution in [1.29, 1.82) is 0 Å². The minimum absolute atomic E-state index is 0.0143. The lowest BCUT2D eigenvalue weighted by Gasteiger charge is -2.29. The molecule has 1 aromatic carbocycles. The van der Waals surface area contributed by atoms with Gasteiger partial charge in [0.15, 0.2) is 0 Å². The maximum atomic E-state index is 11.7. The molecule has 2 atom stereocenters. The lowest BCUT2D eigenvalue weighted by atomic mass is 9.96. The Bertz CT molecular complexity index is 587. The number of hydrogen-bond acceptors (Lipinski definition) is 4. The summed E-state index contributed by atoms with van der Waals surface area (Å²) < 4.78 is 29.6. The van der Waals surface area contributed by atoms with Gasteiger partial charge in [0, 0.05) is 19.2 Å². The number of rotatable bonds is 4. The van der Waals surface area contributed by atoms with Gasteiger partial charge < -0.3 is 10.5 Å². The second kappa shape index (κ2) is 6.36. The van der Waals surface area contributed by atoms with Crippen molar-refractivity contribution in [2.24, 2.45) is 5.73 Å². The molecule has 0 radical (unpaired) electrons. The summed E-state index contributed by atoms with van der Waals surface area (Å²) in [4.78, 5) is 0. The number of hydrogen-bond donors (Lipinski definition) is 1. The van der Waals surface area contributed by atoms with Gasteiger partial charge in [0.05, 0.1) is 11.4 Å². The minimum Gasteiger partial charge on any atom is -0.490 e. The number of aryl methyl sites for hydroxylation is 2. The highest BCUT2D eigenvalue weighted by Gasteiger charge is 2.30. The molecule has 0 heterocycles. The fourth-order valence-corrected chi connectivity index (χ4v) is 4.27. The summed E-state index contributed by atoms with van der Waals surface area (Å²) >= 11 is 0. The third-order valence-corrected chi connectivity index (χ3v) is 5.86. The van der Waals surface area contributed by atoms with Crippen LogP contribution >= 0.6 is 0 Å². The van der Waals surface area contributed by atoms with Crippen LogP contribution in [0.15, 0.2) is 12.1 Å². The third-order valence-electron chi connectivity index (χ3n) is 4.22. The molecule has 118 valence electrons. The summed E-state index contributed by atoms with van der Waals surface area (Å²) in [6.07, 6.45) is 4.48. The molecule has 21 heavy (non-hydrogen) atoms. The van der Waals surface area contributed by atoms with Gasteiger partial charge in [0.25, 0.3) is 0 Å². The van der Waals surface area contributed by atoms with Gasteiger partial charge in [-0.3, -0.25) is 0 Å². The number of sulfone groups is 1. The quantitative estimate of drug-likeness (QED) is 0.927. The molecule has 1 aromatic rings. The SMILES string of the molecule is Cc1cc(CN)cc(C)c1OC1CCCC(S(C)(=O)=O)C1. The molecule has 0 aliphatic heterocycles. The average Bonchev–Trinajstić information content (AvgIpc) is 2.42. The molecule has 4 nitrogen and oxygen atoms in total. The predicted molar refractivity (Wildman–Crippen MR) is 85.3 cm³/mol. The molecule has 0 amide bonds. The highest BCUT2D eigenvalue weighted by Crippen LogP contribution is 2.31. The van der Waals surface area contributed by atoms with Crippen molar-refractivity contribution < 1.29 is 13.2 Å². The largest absolute Gasteiger partial charge is 0.490 e. The number of benzene rings is 1. The van der Waals surface area contributed by atoms with Crippen LogP contribution in [0.5, 0.6) is 5.75 Å². The predicted octanol–water partition coefficient (Wildman–Crippen LogP) is 2.50. The smallest absolute Gasteiger partial charge is 0.150 e. The Labute approximate surface area is 127 Å². The van der Waals surface area contributed by atoms with E-state index in [1.54, 1.807) is 0 Å². The van der Waals surface area contributed by atoms with Crippen molar-refractivity contribution >= 4 is 9.84 Å². The van der Waals surface area contributed by atoms with Crippen molar-refractivity contribution in [3.63, 3.8) is 0 Å². The first-order valence-corrected chi connectivity index (χ1v) is 9.42. The Balaban J connectivity index is 2.15. The van der Waals surface area contributed by atoms with Crippen LogP contribution in [-0.4, -0.2) is 26.0 Å². The van der Waals surface area contributed by atoms with E-state index >= 15 is 0 Å². The monoisotopic (exact) mass is 311 g/mol. The summed E-state index contributed by atoms with van der Waals surface area (Å²) in [7, 11) is -2.98. The first kappa shape index (κ1) is 16.3. The first-order valence-electron chi connectivity index (χ1n) is 7.47. The van der Waals surface area contributed by atoms with Crippen LogP contribution in [0.2, 0.25) is 0 Å². The zero-order valence-corrected chi connectivity index (χ0v) is 13.9. The van der Waals surface area contributed by atoms with E-state index in [1.807, 2.05) is 26.0 Å². The van der Waals surface area contributed by atoms with Gasteiger partial charge in [-0.15, -0.1) is 0 Å². The van der Waals surface area contributed by atoms with Crippen LogP contribution in [0.3, 0.4) is 0 Å². The molecule has 1 aliphatic rings. The molecule has 1 fully saturated rings. The van der Waals surface area contributed by atoms with E-state index in [0.717, 1.165) is 41.7 Å². The number of ether oxygens (including phenoxy) is 1. The van der Waals surface area contributed by atoms with Crippen LogP contribution in [-0.2, 0) is 16.4 Å².